The first-order chi connectivity index (χ1) is 17.7. The van der Waals surface area contributed by atoms with E-state index in [1.165, 1.54) is 35.6 Å². The lowest BCUT2D eigenvalue weighted by molar-refractivity contribution is -0.384. The second-order valence-corrected chi connectivity index (χ2v) is 10.0. The molecular formula is C26H22ClN3O6S. The van der Waals surface area contributed by atoms with E-state index in [0.29, 0.717) is 27.8 Å². The highest BCUT2D eigenvalue weighted by Gasteiger charge is 2.29. The Morgan fingerprint density at radius 1 is 1.38 bits per heavy atom. The summed E-state index contributed by atoms with van der Waals surface area (Å²) in [6, 6.07) is 9.21. The highest BCUT2D eigenvalue weighted by Crippen LogP contribution is 2.40. The van der Waals surface area contributed by atoms with E-state index >= 15 is 0 Å². The van der Waals surface area contributed by atoms with Gasteiger partial charge in [-0.3, -0.25) is 14.9 Å². The number of hydrogen-bond acceptors (Lipinski definition) is 8. The van der Waals surface area contributed by atoms with E-state index in [-0.39, 0.29) is 28.7 Å². The first kappa shape index (κ1) is 26.1. The number of benzene rings is 1. The zero-order valence-corrected chi connectivity index (χ0v) is 21.6. The summed E-state index contributed by atoms with van der Waals surface area (Å²) in [6.45, 7) is 4.06. The van der Waals surface area contributed by atoms with Crippen LogP contribution in [0.4, 0.5) is 10.7 Å². The molecule has 1 aliphatic rings. The summed E-state index contributed by atoms with van der Waals surface area (Å²) < 4.78 is 10.9. The summed E-state index contributed by atoms with van der Waals surface area (Å²) in [5.41, 5.74) is 1.15. The Balaban J connectivity index is 1.60. The number of nitriles is 1. The molecule has 0 radical (unpaired) electrons. The van der Waals surface area contributed by atoms with Gasteiger partial charge in [-0.05, 0) is 61.9 Å². The van der Waals surface area contributed by atoms with Gasteiger partial charge in [0.15, 0.2) is 0 Å². The fourth-order valence-electron chi connectivity index (χ4n) is 4.11. The molecule has 0 spiro atoms. The second-order valence-electron chi connectivity index (χ2n) is 8.53. The largest absolute Gasteiger partial charge is 0.462 e. The van der Waals surface area contributed by atoms with Gasteiger partial charge in [0.25, 0.3) is 11.6 Å². The number of carbonyl (C=O) groups is 2. The van der Waals surface area contributed by atoms with Crippen LogP contribution >= 0.6 is 22.9 Å². The molecular weight excluding hydrogens is 518 g/mol. The fraction of sp³-hybridized carbons (Fsp3) is 0.269. The Bertz CT molecular complexity index is 1470. The smallest absolute Gasteiger partial charge is 0.341 e. The van der Waals surface area contributed by atoms with Crippen molar-refractivity contribution in [1.29, 1.82) is 5.26 Å². The Morgan fingerprint density at radius 3 is 2.86 bits per heavy atom. The van der Waals surface area contributed by atoms with Crippen LogP contribution < -0.4 is 5.32 Å². The average molecular weight is 540 g/mol. The van der Waals surface area contributed by atoms with Gasteiger partial charge in [0.2, 0.25) is 0 Å². The molecule has 1 aliphatic carbocycles. The van der Waals surface area contributed by atoms with Crippen LogP contribution in [0.25, 0.3) is 17.4 Å². The Morgan fingerprint density at radius 2 is 2.16 bits per heavy atom. The van der Waals surface area contributed by atoms with Gasteiger partial charge in [-0.2, -0.15) is 5.26 Å². The summed E-state index contributed by atoms with van der Waals surface area (Å²) in [7, 11) is 0. The van der Waals surface area contributed by atoms with Crippen LogP contribution in [0, 0.1) is 27.4 Å². The van der Waals surface area contributed by atoms with E-state index < -0.39 is 16.8 Å². The summed E-state index contributed by atoms with van der Waals surface area (Å²) in [6.07, 6.45) is 3.73. The molecule has 190 valence electrons. The molecule has 0 fully saturated rings. The third-order valence-electron chi connectivity index (χ3n) is 5.92. The predicted octanol–water partition coefficient (Wildman–Crippen LogP) is 6.42. The number of halogens is 1. The molecule has 0 saturated heterocycles. The maximum atomic E-state index is 13.0. The number of nitrogens with zero attached hydrogens (tertiary/aromatic N) is 2. The van der Waals surface area contributed by atoms with Crippen LogP contribution in [0.1, 0.15) is 46.8 Å². The number of ether oxygens (including phenoxy) is 1. The van der Waals surface area contributed by atoms with Crippen LogP contribution in [-0.4, -0.2) is 23.4 Å². The number of anilines is 1. The van der Waals surface area contributed by atoms with E-state index in [1.807, 2.05) is 6.07 Å². The van der Waals surface area contributed by atoms with Crippen LogP contribution in [0.15, 0.2) is 40.3 Å². The SMILES string of the molecule is CCOC(=O)c1c(NC(=O)/C(C#N)=C/c2ccc(-c3ccc(Cl)c([N+](=O)[O-])c3)o2)sc2c1CC[C@@H](C)C2. The van der Waals surface area contributed by atoms with Gasteiger partial charge in [0.1, 0.15) is 33.2 Å². The van der Waals surface area contributed by atoms with Crippen molar-refractivity contribution < 1.29 is 23.7 Å². The van der Waals surface area contributed by atoms with Gasteiger partial charge in [-0.1, -0.05) is 18.5 Å². The molecule has 1 N–H and O–H groups in total. The molecule has 1 aromatic carbocycles. The molecule has 37 heavy (non-hydrogen) atoms. The Hall–Kier alpha value is -3.94. The number of carbonyl (C=O) groups excluding carboxylic acids is 2. The van der Waals surface area contributed by atoms with Gasteiger partial charge in [0, 0.05) is 22.6 Å². The standard InChI is InChI=1S/C26H22ClN3O6S/c1-3-35-26(32)23-18-7-4-14(2)10-22(18)37-25(23)29-24(31)16(13-28)11-17-6-9-21(36-17)15-5-8-19(27)20(12-15)30(33)34/h5-6,8-9,11-12,14H,3-4,7,10H2,1-2H3,(H,29,31)/b16-11+/t14-/m1/s1. The van der Waals surface area contributed by atoms with Crippen molar-refractivity contribution in [1.82, 2.24) is 0 Å². The topological polar surface area (TPSA) is 135 Å². The summed E-state index contributed by atoms with van der Waals surface area (Å²) in [4.78, 5) is 37.3. The molecule has 3 aromatic rings. The van der Waals surface area contributed by atoms with E-state index in [2.05, 4.69) is 12.2 Å². The zero-order chi connectivity index (χ0) is 26.7. The van der Waals surface area contributed by atoms with Crippen LogP contribution in [0.2, 0.25) is 5.02 Å². The molecule has 11 heteroatoms. The molecule has 2 aromatic heterocycles. The molecule has 0 bridgehead atoms. The van der Waals surface area contributed by atoms with Crippen molar-refractivity contribution in [3.05, 3.63) is 72.8 Å². The third-order valence-corrected chi connectivity index (χ3v) is 7.41. The maximum Gasteiger partial charge on any atom is 0.341 e. The summed E-state index contributed by atoms with van der Waals surface area (Å²) >= 11 is 7.20. The maximum absolute atomic E-state index is 13.0. The lowest BCUT2D eigenvalue weighted by Crippen LogP contribution is -2.17. The molecule has 1 atom stereocenters. The second kappa shape index (κ2) is 11.0. The molecule has 1 amide bonds. The quantitative estimate of drug-likeness (QED) is 0.120. The zero-order valence-electron chi connectivity index (χ0n) is 20.0. The lowest BCUT2D eigenvalue weighted by Gasteiger charge is -2.18. The Labute approximate surface area is 221 Å². The van der Waals surface area contributed by atoms with Gasteiger partial charge in [0.05, 0.1) is 17.1 Å². The van der Waals surface area contributed by atoms with Crippen molar-refractivity contribution in [3.8, 4) is 17.4 Å². The van der Waals surface area contributed by atoms with Crippen LogP contribution in [0.5, 0.6) is 0 Å². The minimum atomic E-state index is -0.695. The molecule has 4 rings (SSSR count). The van der Waals surface area contributed by atoms with Crippen molar-refractivity contribution in [2.45, 2.75) is 33.1 Å². The minimum Gasteiger partial charge on any atom is -0.462 e. The van der Waals surface area contributed by atoms with E-state index in [4.69, 9.17) is 20.8 Å². The number of thiophene rings is 1. The lowest BCUT2D eigenvalue weighted by atomic mass is 9.88. The highest BCUT2D eigenvalue weighted by molar-refractivity contribution is 7.17. The third kappa shape index (κ3) is 5.58. The molecule has 0 unspecified atom stereocenters. The number of rotatable bonds is 7. The first-order valence-corrected chi connectivity index (χ1v) is 12.7. The van der Waals surface area contributed by atoms with E-state index in [0.717, 1.165) is 29.7 Å². The summed E-state index contributed by atoms with van der Waals surface area (Å²) in [5.74, 6) is -0.230. The number of furan rings is 1. The van der Waals surface area contributed by atoms with Crippen molar-refractivity contribution in [2.24, 2.45) is 5.92 Å². The number of esters is 1. The normalized spacial score (nSPS) is 15.0. The minimum absolute atomic E-state index is 0.00392. The number of nitro groups is 1. The van der Waals surface area contributed by atoms with Crippen molar-refractivity contribution in [2.75, 3.05) is 11.9 Å². The van der Waals surface area contributed by atoms with Crippen molar-refractivity contribution >= 4 is 51.6 Å². The van der Waals surface area contributed by atoms with Gasteiger partial charge < -0.3 is 14.5 Å². The molecule has 0 aliphatic heterocycles. The average Bonchev–Trinajstić information content (AvgIpc) is 3.46. The number of nitro benzene ring substituents is 1. The highest BCUT2D eigenvalue weighted by atomic mass is 35.5. The van der Waals surface area contributed by atoms with Gasteiger partial charge in [-0.15, -0.1) is 11.3 Å². The first-order valence-electron chi connectivity index (χ1n) is 11.5. The number of hydrogen-bond donors (Lipinski definition) is 1. The van der Waals surface area contributed by atoms with E-state index in [1.54, 1.807) is 19.1 Å². The van der Waals surface area contributed by atoms with Gasteiger partial charge >= 0.3 is 5.97 Å². The van der Waals surface area contributed by atoms with E-state index in [9.17, 15) is 25.0 Å². The molecule has 0 saturated carbocycles. The fourth-order valence-corrected chi connectivity index (χ4v) is 5.69. The Kier molecular flexibility index (Phi) is 7.76. The predicted molar refractivity (Wildman–Crippen MR) is 139 cm³/mol. The monoisotopic (exact) mass is 539 g/mol. The van der Waals surface area contributed by atoms with Gasteiger partial charge in [-0.25, -0.2) is 4.79 Å². The number of amides is 1. The van der Waals surface area contributed by atoms with Crippen LogP contribution in [0.3, 0.4) is 0 Å². The molecule has 9 nitrogen and oxygen atoms in total. The number of fused-ring (bicyclic) bond motifs is 1. The van der Waals surface area contributed by atoms with Crippen LogP contribution in [-0.2, 0) is 22.4 Å². The van der Waals surface area contributed by atoms with Crippen molar-refractivity contribution in [3.63, 3.8) is 0 Å². The number of nitrogens with one attached hydrogen (secondary N) is 1. The molecule has 2 heterocycles. The summed E-state index contributed by atoms with van der Waals surface area (Å²) in [5, 5.41) is 23.9.